The van der Waals surface area contributed by atoms with Gasteiger partial charge in [-0.3, -0.25) is 0 Å². The summed E-state index contributed by atoms with van der Waals surface area (Å²) in [4.78, 5) is 12.0. The maximum atomic E-state index is 6.34. The number of nitrogens with zero attached hydrogens (tertiary/aromatic N) is 2. The zero-order valence-electron chi connectivity index (χ0n) is 16.8. The molecule has 0 bridgehead atoms. The molecule has 0 amide bonds. The highest BCUT2D eigenvalue weighted by molar-refractivity contribution is 5.90. The van der Waals surface area contributed by atoms with Crippen molar-refractivity contribution in [2.75, 3.05) is 11.9 Å². The van der Waals surface area contributed by atoms with Crippen LogP contribution in [0.3, 0.4) is 0 Å². The summed E-state index contributed by atoms with van der Waals surface area (Å²) in [5, 5.41) is 4.51. The summed E-state index contributed by atoms with van der Waals surface area (Å²) < 4.78 is 6.31. The van der Waals surface area contributed by atoms with Crippen molar-refractivity contribution in [2.45, 2.75) is 31.1 Å². The molecular weight excluding hydrogens is 374 g/mol. The average Bonchev–Trinajstić information content (AvgIpc) is 3.46. The zero-order valence-corrected chi connectivity index (χ0v) is 16.8. The first-order valence-corrected chi connectivity index (χ1v) is 10.4. The molecule has 1 aliphatic rings. The number of hydrogen-bond donors (Lipinski definition) is 3. The number of fused-ring (bicyclic) bond motifs is 1. The van der Waals surface area contributed by atoms with Crippen LogP contribution in [0.4, 0.5) is 11.5 Å². The Bertz CT molecular complexity index is 1150. The Labute approximate surface area is 175 Å². The second-order valence-electron chi connectivity index (χ2n) is 7.87. The molecule has 152 valence electrons. The van der Waals surface area contributed by atoms with Crippen molar-refractivity contribution in [3.63, 3.8) is 0 Å². The molecule has 1 fully saturated rings. The van der Waals surface area contributed by atoms with Gasteiger partial charge in [0.25, 0.3) is 0 Å². The lowest BCUT2D eigenvalue weighted by molar-refractivity contribution is 0.447. The number of rotatable bonds is 6. The molecule has 6 heteroatoms. The van der Waals surface area contributed by atoms with E-state index in [0.717, 1.165) is 46.9 Å². The number of hydrogen-bond acceptors (Lipinski definition) is 5. The van der Waals surface area contributed by atoms with Gasteiger partial charge in [-0.2, -0.15) is 0 Å². The van der Waals surface area contributed by atoms with Crippen LogP contribution in [-0.4, -0.2) is 21.5 Å². The zero-order chi connectivity index (χ0) is 20.4. The Balaban J connectivity index is 1.64. The normalized spacial score (nSPS) is 15.4. The van der Waals surface area contributed by atoms with Crippen molar-refractivity contribution in [2.24, 2.45) is 5.73 Å². The van der Waals surface area contributed by atoms with Crippen LogP contribution in [0.5, 0.6) is 11.5 Å². The summed E-state index contributed by atoms with van der Waals surface area (Å²) in [7, 11) is 0. The van der Waals surface area contributed by atoms with Gasteiger partial charge in [0.2, 0.25) is 0 Å². The number of para-hydroxylation sites is 2. The third kappa shape index (κ3) is 3.29. The van der Waals surface area contributed by atoms with Crippen LogP contribution in [0, 0.1) is 0 Å². The maximum absolute atomic E-state index is 6.34. The number of aromatic nitrogens is 3. The smallest absolute Gasteiger partial charge is 0.151 e. The van der Waals surface area contributed by atoms with Crippen molar-refractivity contribution in [3.8, 4) is 11.5 Å². The van der Waals surface area contributed by atoms with Gasteiger partial charge in [-0.1, -0.05) is 43.2 Å². The van der Waals surface area contributed by atoms with E-state index < -0.39 is 0 Å². The number of nitrogens with one attached hydrogen (secondary N) is 2. The molecule has 5 rings (SSSR count). The molecule has 30 heavy (non-hydrogen) atoms. The minimum atomic E-state index is -0.0529. The van der Waals surface area contributed by atoms with Gasteiger partial charge in [-0.25, -0.2) is 9.97 Å². The monoisotopic (exact) mass is 399 g/mol. The topological polar surface area (TPSA) is 88.8 Å². The Hall–Kier alpha value is -3.38. The Kier molecular flexibility index (Phi) is 4.85. The summed E-state index contributed by atoms with van der Waals surface area (Å²) >= 11 is 0. The number of anilines is 2. The number of H-pyrrole nitrogens is 1. The molecular formula is C24H25N5O. The Morgan fingerprint density at radius 2 is 1.83 bits per heavy atom. The van der Waals surface area contributed by atoms with Gasteiger partial charge in [0.15, 0.2) is 5.75 Å². The summed E-state index contributed by atoms with van der Waals surface area (Å²) in [6.07, 6.45) is 7.98. The predicted molar refractivity (Wildman–Crippen MR) is 119 cm³/mol. The van der Waals surface area contributed by atoms with E-state index >= 15 is 0 Å². The molecule has 0 atom stereocenters. The standard InChI is InChI=1S/C24H25N5O/c25-15-24(12-4-5-13-24)19-9-6-10-20(30-17-7-2-1-3-8-17)21(19)29-23-18-11-14-26-22(18)27-16-28-23/h1-3,6-11,14,16H,4-5,12-13,15,25H2,(H2,26,27,28,29). The van der Waals surface area contributed by atoms with Gasteiger partial charge in [0, 0.05) is 18.2 Å². The van der Waals surface area contributed by atoms with Gasteiger partial charge >= 0.3 is 0 Å². The first-order valence-electron chi connectivity index (χ1n) is 10.4. The fraction of sp³-hybridized carbons (Fsp3) is 0.250. The lowest BCUT2D eigenvalue weighted by Gasteiger charge is -2.31. The minimum absolute atomic E-state index is 0.0529. The fourth-order valence-electron chi connectivity index (χ4n) is 4.53. The van der Waals surface area contributed by atoms with E-state index in [1.807, 2.05) is 48.7 Å². The number of ether oxygens (including phenoxy) is 1. The van der Waals surface area contributed by atoms with Crippen molar-refractivity contribution < 1.29 is 4.74 Å². The highest BCUT2D eigenvalue weighted by Crippen LogP contribution is 2.47. The summed E-state index contributed by atoms with van der Waals surface area (Å²) in [5.41, 5.74) is 9.20. The van der Waals surface area contributed by atoms with Gasteiger partial charge in [0.05, 0.1) is 11.1 Å². The van der Waals surface area contributed by atoms with E-state index in [4.69, 9.17) is 10.5 Å². The van der Waals surface area contributed by atoms with E-state index in [1.165, 1.54) is 18.4 Å². The van der Waals surface area contributed by atoms with Crippen LogP contribution in [0.2, 0.25) is 0 Å². The van der Waals surface area contributed by atoms with Crippen LogP contribution in [0.15, 0.2) is 67.1 Å². The molecule has 0 spiro atoms. The average molecular weight is 399 g/mol. The van der Waals surface area contributed by atoms with Crippen LogP contribution < -0.4 is 15.8 Å². The predicted octanol–water partition coefficient (Wildman–Crippen LogP) is 5.26. The molecule has 6 nitrogen and oxygen atoms in total. The van der Waals surface area contributed by atoms with Crippen LogP contribution in [0.25, 0.3) is 11.0 Å². The molecule has 2 aromatic heterocycles. The van der Waals surface area contributed by atoms with E-state index in [0.29, 0.717) is 6.54 Å². The quantitative estimate of drug-likeness (QED) is 0.411. The lowest BCUT2D eigenvalue weighted by atomic mass is 9.78. The summed E-state index contributed by atoms with van der Waals surface area (Å²) in [6, 6.07) is 18.0. The summed E-state index contributed by atoms with van der Waals surface area (Å²) in [5.74, 6) is 2.30. The molecule has 1 aliphatic carbocycles. The number of nitrogens with two attached hydrogens (primary N) is 1. The molecule has 0 saturated heterocycles. The highest BCUT2D eigenvalue weighted by atomic mass is 16.5. The number of aromatic amines is 1. The Morgan fingerprint density at radius 1 is 1.00 bits per heavy atom. The van der Waals surface area contributed by atoms with Gasteiger partial charge in [-0.15, -0.1) is 0 Å². The van der Waals surface area contributed by atoms with Gasteiger partial charge in [-0.05, 0) is 42.7 Å². The van der Waals surface area contributed by atoms with Gasteiger partial charge in [0.1, 0.15) is 23.5 Å². The fourth-order valence-corrected chi connectivity index (χ4v) is 4.53. The first kappa shape index (κ1) is 18.6. The SMILES string of the molecule is NCC1(c2cccc(Oc3ccccc3)c2Nc2ncnc3[nH]ccc23)CCCC1. The minimum Gasteiger partial charge on any atom is -0.455 e. The van der Waals surface area contributed by atoms with Crippen LogP contribution >= 0.6 is 0 Å². The molecule has 4 N–H and O–H groups in total. The van der Waals surface area contributed by atoms with E-state index in [-0.39, 0.29) is 5.41 Å². The largest absolute Gasteiger partial charge is 0.455 e. The van der Waals surface area contributed by atoms with Crippen molar-refractivity contribution in [1.82, 2.24) is 15.0 Å². The van der Waals surface area contributed by atoms with E-state index in [9.17, 15) is 0 Å². The highest BCUT2D eigenvalue weighted by Gasteiger charge is 2.37. The van der Waals surface area contributed by atoms with E-state index in [1.54, 1.807) is 6.33 Å². The molecule has 4 aromatic rings. The second-order valence-corrected chi connectivity index (χ2v) is 7.87. The summed E-state index contributed by atoms with van der Waals surface area (Å²) in [6.45, 7) is 0.611. The molecule has 2 aromatic carbocycles. The van der Waals surface area contributed by atoms with Crippen molar-refractivity contribution in [3.05, 3.63) is 72.7 Å². The lowest BCUT2D eigenvalue weighted by Crippen LogP contribution is -2.32. The van der Waals surface area contributed by atoms with E-state index in [2.05, 4.69) is 32.4 Å². The van der Waals surface area contributed by atoms with Crippen LogP contribution in [0.1, 0.15) is 31.2 Å². The second kappa shape index (κ2) is 7.80. The van der Waals surface area contributed by atoms with Crippen molar-refractivity contribution >= 4 is 22.5 Å². The third-order valence-corrected chi connectivity index (χ3v) is 6.12. The molecule has 0 unspecified atom stereocenters. The molecule has 2 heterocycles. The van der Waals surface area contributed by atoms with Crippen LogP contribution in [-0.2, 0) is 5.41 Å². The maximum Gasteiger partial charge on any atom is 0.151 e. The third-order valence-electron chi connectivity index (χ3n) is 6.12. The molecule has 0 aliphatic heterocycles. The molecule has 0 radical (unpaired) electrons. The van der Waals surface area contributed by atoms with Gasteiger partial charge < -0.3 is 20.8 Å². The first-order chi connectivity index (χ1) is 14.8. The Morgan fingerprint density at radius 3 is 2.63 bits per heavy atom. The molecule has 1 saturated carbocycles. The number of benzene rings is 2. The van der Waals surface area contributed by atoms with Crippen molar-refractivity contribution in [1.29, 1.82) is 0 Å².